The normalized spacial score (nSPS) is 14.2. The van der Waals surface area contributed by atoms with Crippen LogP contribution in [0.5, 0.6) is 0 Å². The van der Waals surface area contributed by atoms with Crippen molar-refractivity contribution in [1.82, 2.24) is 14.5 Å². The van der Waals surface area contributed by atoms with E-state index in [0.29, 0.717) is 12.4 Å². The van der Waals surface area contributed by atoms with Crippen LogP contribution in [0.4, 0.5) is 5.69 Å². The van der Waals surface area contributed by atoms with Crippen molar-refractivity contribution in [1.29, 1.82) is 10.8 Å². The first-order valence-electron chi connectivity index (χ1n) is 12.9. The van der Waals surface area contributed by atoms with Crippen molar-refractivity contribution in [3.8, 4) is 0 Å². The molecule has 9 nitrogen and oxygen atoms in total. The molecule has 1 fully saturated rings. The van der Waals surface area contributed by atoms with E-state index in [0.717, 1.165) is 70.4 Å². The topological polar surface area (TPSA) is 141 Å². The highest BCUT2D eigenvalue weighted by atomic mass is 16.1. The Morgan fingerprint density at radius 1 is 1.05 bits per heavy atom. The van der Waals surface area contributed by atoms with Crippen LogP contribution in [-0.4, -0.2) is 57.7 Å². The second-order valence-corrected chi connectivity index (χ2v) is 10.0. The van der Waals surface area contributed by atoms with E-state index in [1.54, 1.807) is 0 Å². The summed E-state index contributed by atoms with van der Waals surface area (Å²) in [5.41, 5.74) is 16.2. The van der Waals surface area contributed by atoms with Gasteiger partial charge in [-0.1, -0.05) is 36.4 Å². The molecule has 1 amide bonds. The Morgan fingerprint density at radius 2 is 1.76 bits per heavy atom. The number of likely N-dealkylation sites (tertiary alicyclic amines) is 1. The summed E-state index contributed by atoms with van der Waals surface area (Å²) >= 11 is 0. The number of anilines is 1. The highest BCUT2D eigenvalue weighted by Gasteiger charge is 2.27. The molecule has 0 aliphatic carbocycles. The summed E-state index contributed by atoms with van der Waals surface area (Å²) in [7, 11) is 0. The zero-order chi connectivity index (χ0) is 27.0. The van der Waals surface area contributed by atoms with E-state index >= 15 is 0 Å². The van der Waals surface area contributed by atoms with Crippen LogP contribution >= 0.6 is 0 Å². The molecular formula is C29H34N8O. The Morgan fingerprint density at radius 3 is 2.42 bits per heavy atom. The van der Waals surface area contributed by atoms with Gasteiger partial charge in [-0.15, -0.1) is 0 Å². The number of aryl methyl sites for hydroxylation is 1. The van der Waals surface area contributed by atoms with Gasteiger partial charge in [0.05, 0.1) is 23.4 Å². The number of amidine groups is 2. The molecule has 0 saturated carbocycles. The third-order valence-electron chi connectivity index (χ3n) is 7.59. The average Bonchev–Trinajstić information content (AvgIpc) is 3.21. The summed E-state index contributed by atoms with van der Waals surface area (Å²) in [5, 5.41) is 17.9. The molecule has 1 aliphatic heterocycles. The van der Waals surface area contributed by atoms with Crippen LogP contribution in [0.15, 0.2) is 54.6 Å². The fourth-order valence-corrected chi connectivity index (χ4v) is 5.63. The van der Waals surface area contributed by atoms with Gasteiger partial charge >= 0.3 is 0 Å². The number of hydrogen-bond donors (Lipinski definition) is 4. The summed E-state index contributed by atoms with van der Waals surface area (Å²) in [4.78, 5) is 21.1. The first-order chi connectivity index (χ1) is 18.2. The van der Waals surface area contributed by atoms with Crippen LogP contribution in [0, 0.1) is 17.7 Å². The summed E-state index contributed by atoms with van der Waals surface area (Å²) in [6.07, 6.45) is 1.71. The number of piperidine rings is 1. The molecule has 3 aromatic carbocycles. The number of hydrogen-bond acceptors (Lipinski definition) is 5. The largest absolute Gasteiger partial charge is 0.384 e. The van der Waals surface area contributed by atoms with Crippen LogP contribution in [-0.2, 0) is 11.3 Å². The second-order valence-electron chi connectivity index (χ2n) is 10.0. The number of rotatable bonds is 7. The molecule has 0 bridgehead atoms. The van der Waals surface area contributed by atoms with Crippen molar-refractivity contribution in [3.63, 3.8) is 0 Å². The number of fused-ring (bicyclic) bond motifs is 2. The van der Waals surface area contributed by atoms with Crippen LogP contribution < -0.4 is 16.4 Å². The van der Waals surface area contributed by atoms with Gasteiger partial charge in [-0.05, 0) is 61.2 Å². The minimum atomic E-state index is -0.363. The van der Waals surface area contributed by atoms with Crippen molar-refractivity contribution >= 4 is 45.1 Å². The molecule has 4 aromatic rings. The lowest BCUT2D eigenvalue weighted by Gasteiger charge is -2.39. The fraction of sp³-hybridized carbons (Fsp3) is 0.310. The minimum Gasteiger partial charge on any atom is -0.384 e. The number of nitrogen functional groups attached to an aromatic ring is 1. The van der Waals surface area contributed by atoms with Crippen LogP contribution in [0.2, 0.25) is 0 Å². The number of carbonyl (C=O) groups is 1. The van der Waals surface area contributed by atoms with Gasteiger partial charge in [0.2, 0.25) is 5.91 Å². The van der Waals surface area contributed by atoms with Crippen molar-refractivity contribution in [2.24, 2.45) is 11.5 Å². The third kappa shape index (κ3) is 4.79. The van der Waals surface area contributed by atoms with Crippen molar-refractivity contribution < 1.29 is 4.79 Å². The first kappa shape index (κ1) is 25.3. The number of nitrogens with two attached hydrogens (primary N) is 2. The Kier molecular flexibility index (Phi) is 6.75. The molecule has 0 atom stereocenters. The number of amides is 1. The van der Waals surface area contributed by atoms with Gasteiger partial charge in [0, 0.05) is 36.9 Å². The van der Waals surface area contributed by atoms with Crippen LogP contribution in [0.1, 0.15) is 36.7 Å². The predicted molar refractivity (Wildman–Crippen MR) is 153 cm³/mol. The maximum absolute atomic E-state index is 12.1. The molecule has 0 spiro atoms. The summed E-state index contributed by atoms with van der Waals surface area (Å²) < 4.78 is 2.19. The number of aromatic nitrogens is 2. The molecule has 1 aromatic heterocycles. The van der Waals surface area contributed by atoms with Crippen LogP contribution in [0.25, 0.3) is 21.8 Å². The summed E-state index contributed by atoms with van der Waals surface area (Å²) in [5.74, 6) is 1.16. The minimum absolute atomic E-state index is 0.0535. The van der Waals surface area contributed by atoms with Gasteiger partial charge in [-0.3, -0.25) is 15.6 Å². The molecule has 0 radical (unpaired) electrons. The molecule has 1 saturated heterocycles. The zero-order valence-corrected chi connectivity index (χ0v) is 21.9. The molecule has 2 heterocycles. The van der Waals surface area contributed by atoms with Crippen molar-refractivity contribution in [2.75, 3.05) is 24.5 Å². The molecule has 5 rings (SSSR count). The van der Waals surface area contributed by atoms with E-state index in [1.165, 1.54) is 0 Å². The lowest BCUT2D eigenvalue weighted by molar-refractivity contribution is -0.116. The molecule has 196 valence electrons. The highest BCUT2D eigenvalue weighted by molar-refractivity contribution is 6.08. The molecule has 9 heteroatoms. The Hall–Kier alpha value is -4.40. The Labute approximate surface area is 222 Å². The van der Waals surface area contributed by atoms with E-state index in [4.69, 9.17) is 27.3 Å². The van der Waals surface area contributed by atoms with Gasteiger partial charge in [0.25, 0.3) is 0 Å². The van der Waals surface area contributed by atoms with Gasteiger partial charge in [0.1, 0.15) is 11.7 Å². The fourth-order valence-electron chi connectivity index (χ4n) is 5.63. The van der Waals surface area contributed by atoms with Crippen molar-refractivity contribution in [2.45, 2.75) is 39.3 Å². The third-order valence-corrected chi connectivity index (χ3v) is 7.59. The highest BCUT2D eigenvalue weighted by Crippen LogP contribution is 2.30. The lowest BCUT2D eigenvalue weighted by atomic mass is 9.99. The number of primary amides is 1. The predicted octanol–water partition coefficient (Wildman–Crippen LogP) is 3.58. The smallest absolute Gasteiger partial charge is 0.236 e. The van der Waals surface area contributed by atoms with Crippen LogP contribution in [0.3, 0.4) is 0 Å². The van der Waals surface area contributed by atoms with E-state index in [2.05, 4.69) is 26.5 Å². The van der Waals surface area contributed by atoms with Gasteiger partial charge < -0.3 is 25.8 Å². The molecule has 6 N–H and O–H groups in total. The number of imidazole rings is 1. The average molecular weight is 511 g/mol. The van der Waals surface area contributed by atoms with Crippen molar-refractivity contribution in [3.05, 3.63) is 71.5 Å². The quantitative estimate of drug-likeness (QED) is 0.222. The van der Waals surface area contributed by atoms with Gasteiger partial charge in [-0.25, -0.2) is 4.98 Å². The number of nitrogens with one attached hydrogen (secondary N) is 2. The van der Waals surface area contributed by atoms with E-state index in [9.17, 15) is 4.79 Å². The molecule has 38 heavy (non-hydrogen) atoms. The summed E-state index contributed by atoms with van der Waals surface area (Å²) in [6, 6.07) is 18.3. The Bertz CT molecular complexity index is 1550. The molecule has 0 unspecified atom stereocenters. The first-order valence-corrected chi connectivity index (χ1v) is 12.9. The van der Waals surface area contributed by atoms with E-state index in [-0.39, 0.29) is 24.3 Å². The van der Waals surface area contributed by atoms with Gasteiger partial charge in [0.15, 0.2) is 0 Å². The maximum atomic E-state index is 12.1. The molecular weight excluding hydrogens is 476 g/mol. The monoisotopic (exact) mass is 510 g/mol. The number of carbonyl (C=O) groups excluding carboxylic acids is 1. The maximum Gasteiger partial charge on any atom is 0.236 e. The standard InChI is InChI=1S/C29H34N8O/c1-18(30)35-13-11-21(12-14-35)37(17-28(31)38)22-8-10-26-27(15-22)36(19(2)34-26)16-20-7-9-25(29(32)33)24-6-4-3-5-23(20)24/h3-10,15,21,30H,11-14,16-17H2,1-2H3,(H2,31,38)(H3,32,33). The van der Waals surface area contributed by atoms with E-state index in [1.807, 2.05) is 56.3 Å². The zero-order valence-electron chi connectivity index (χ0n) is 21.9. The number of benzene rings is 3. The molecule has 1 aliphatic rings. The summed E-state index contributed by atoms with van der Waals surface area (Å²) in [6.45, 7) is 6.15. The van der Waals surface area contributed by atoms with E-state index < -0.39 is 0 Å². The second kappa shape index (κ2) is 10.2. The number of nitrogens with zero attached hydrogens (tertiary/aromatic N) is 4. The lowest BCUT2D eigenvalue weighted by Crippen LogP contribution is -2.48. The van der Waals surface area contributed by atoms with Gasteiger partial charge in [-0.2, -0.15) is 0 Å². The SMILES string of the molecule is CC(=N)N1CCC(N(CC(N)=O)c2ccc3nc(C)n(Cc4ccc(C(=N)N)c5ccccc45)c3c2)CC1. The Balaban J connectivity index is 1.52.